The van der Waals surface area contributed by atoms with Crippen LogP contribution in [-0.2, 0) is 10.0 Å². The molecule has 1 aromatic carbocycles. The van der Waals surface area contributed by atoms with Crippen molar-refractivity contribution >= 4 is 10.0 Å². The molecule has 0 aromatic heterocycles. The van der Waals surface area contributed by atoms with Gasteiger partial charge < -0.3 is 0 Å². The van der Waals surface area contributed by atoms with Crippen molar-refractivity contribution in [3.63, 3.8) is 0 Å². The lowest BCUT2D eigenvalue weighted by Gasteiger charge is -2.27. The smallest absolute Gasteiger partial charge is 0.208 e. The molecule has 1 saturated carbocycles. The van der Waals surface area contributed by atoms with E-state index in [1.807, 2.05) is 20.8 Å². The van der Waals surface area contributed by atoms with Crippen LogP contribution < -0.4 is 4.72 Å². The van der Waals surface area contributed by atoms with E-state index in [0.29, 0.717) is 6.42 Å². The summed E-state index contributed by atoms with van der Waals surface area (Å²) in [5.74, 6) is 0. The largest absolute Gasteiger partial charge is 0.240 e. The van der Waals surface area contributed by atoms with Crippen molar-refractivity contribution in [1.82, 2.24) is 4.72 Å². The zero-order valence-corrected chi connectivity index (χ0v) is 12.0. The zero-order chi connectivity index (χ0) is 14.3. The molecule has 0 heterocycles. The molecule has 4 heteroatoms. The van der Waals surface area contributed by atoms with Crippen molar-refractivity contribution in [2.75, 3.05) is 0 Å². The van der Waals surface area contributed by atoms with Crippen molar-refractivity contribution in [2.45, 2.75) is 50.9 Å². The highest BCUT2D eigenvalue weighted by Gasteiger charge is 2.37. The van der Waals surface area contributed by atoms with Gasteiger partial charge in [0, 0.05) is 7.39 Å². The summed E-state index contributed by atoms with van der Waals surface area (Å²) in [6.45, 7) is 5.81. The van der Waals surface area contributed by atoms with Crippen molar-refractivity contribution in [3.05, 3.63) is 29.8 Å². The molecule has 1 aliphatic carbocycles. The minimum atomic E-state index is -3.63. The van der Waals surface area contributed by atoms with E-state index in [1.54, 1.807) is 24.3 Å². The lowest BCUT2D eigenvalue weighted by Crippen LogP contribution is -2.41. The molecular formula is C14H21NO2S. The number of sulfonamides is 1. The van der Waals surface area contributed by atoms with Crippen LogP contribution in [0.2, 0.25) is 0 Å². The molecule has 3 nitrogen and oxygen atoms in total. The Balaban J connectivity index is 2.29. The maximum atomic E-state index is 12.4. The predicted molar refractivity (Wildman–Crippen MR) is 72.9 cm³/mol. The molecule has 1 N–H and O–H groups in total. The molecule has 0 aliphatic heterocycles. The summed E-state index contributed by atoms with van der Waals surface area (Å²) in [4.78, 5) is 0.229. The highest BCUT2D eigenvalue weighted by molar-refractivity contribution is 7.89. The maximum Gasteiger partial charge on any atom is 0.240 e. The Morgan fingerprint density at radius 1 is 1.33 bits per heavy atom. The Morgan fingerprint density at radius 3 is 2.44 bits per heavy atom. The van der Waals surface area contributed by atoms with Crippen LogP contribution in [0.25, 0.3) is 0 Å². The number of hydrogen-bond donors (Lipinski definition) is 1. The topological polar surface area (TPSA) is 46.2 Å². The molecule has 0 saturated heterocycles. The van der Waals surface area contributed by atoms with Gasteiger partial charge in [-0.2, -0.15) is 0 Å². The average Bonchev–Trinajstić information content (AvgIpc) is 2.52. The molecule has 1 fully saturated rings. The van der Waals surface area contributed by atoms with Crippen molar-refractivity contribution in [1.29, 1.82) is 0 Å². The minimum Gasteiger partial charge on any atom is -0.208 e. The van der Waals surface area contributed by atoms with Crippen LogP contribution in [0.1, 0.15) is 40.0 Å². The molecule has 0 spiro atoms. The van der Waals surface area contributed by atoms with Crippen LogP contribution >= 0.6 is 0 Å². The number of benzene rings is 1. The first kappa shape index (κ1) is 12.2. The van der Waals surface area contributed by atoms with Gasteiger partial charge in [0.15, 0.2) is 0 Å². The first-order valence-corrected chi connectivity index (χ1v) is 7.75. The highest BCUT2D eigenvalue weighted by Crippen LogP contribution is 2.37. The van der Waals surface area contributed by atoms with Gasteiger partial charge in [0.25, 0.3) is 0 Å². The summed E-state index contributed by atoms with van der Waals surface area (Å²) in [5.41, 5.74) is 0.672. The third kappa shape index (κ3) is 2.75. The lowest BCUT2D eigenvalue weighted by atomic mass is 9.88. The third-order valence-corrected chi connectivity index (χ3v) is 5.04. The quantitative estimate of drug-likeness (QED) is 0.916. The average molecular weight is 268 g/mol. The van der Waals surface area contributed by atoms with E-state index in [-0.39, 0.29) is 10.3 Å². The summed E-state index contributed by atoms with van der Waals surface area (Å²) in [5, 5.41) is 0. The van der Waals surface area contributed by atoms with Crippen LogP contribution in [0, 0.1) is 12.3 Å². The van der Waals surface area contributed by atoms with E-state index in [0.717, 1.165) is 18.4 Å². The molecule has 1 unspecified atom stereocenters. The molecule has 1 aliphatic rings. The molecule has 0 radical (unpaired) electrons. The summed E-state index contributed by atoms with van der Waals surface area (Å²) in [6, 6.07) is 5.60. The van der Waals surface area contributed by atoms with Crippen molar-refractivity contribution < 1.29 is 9.79 Å². The monoisotopic (exact) mass is 268 g/mol. The molecule has 18 heavy (non-hydrogen) atoms. The first-order chi connectivity index (χ1) is 8.66. The van der Waals surface area contributed by atoms with Gasteiger partial charge in [0.1, 0.15) is 0 Å². The predicted octanol–water partition coefficient (Wildman–Crippen LogP) is 2.85. The maximum absolute atomic E-state index is 12.4. The lowest BCUT2D eigenvalue weighted by molar-refractivity contribution is 0.313. The Labute approximate surface area is 111 Å². The number of nitrogens with one attached hydrogen (secondary N) is 1. The second kappa shape index (κ2) is 4.67. The molecule has 100 valence electrons. The van der Waals surface area contributed by atoms with E-state index < -0.39 is 16.0 Å². The Bertz CT molecular complexity index is 566. The molecule has 1 aromatic rings. The minimum absolute atomic E-state index is 0.229. The summed E-state index contributed by atoms with van der Waals surface area (Å²) >= 11 is 0. The number of rotatable bonds is 3. The van der Waals surface area contributed by atoms with E-state index in [9.17, 15) is 8.42 Å². The highest BCUT2D eigenvalue weighted by atomic mass is 32.2. The normalized spacial score (nSPS) is 28.1. The summed E-state index contributed by atoms with van der Waals surface area (Å²) in [7, 11) is -3.63. The van der Waals surface area contributed by atoms with Crippen molar-refractivity contribution in [2.24, 2.45) is 5.41 Å². The van der Waals surface area contributed by atoms with Crippen LogP contribution in [-0.4, -0.2) is 14.4 Å². The van der Waals surface area contributed by atoms with Crippen LogP contribution in [0.4, 0.5) is 0 Å². The van der Waals surface area contributed by atoms with E-state index in [2.05, 4.69) is 4.72 Å². The van der Waals surface area contributed by atoms with E-state index in [1.165, 1.54) is 0 Å². The van der Waals surface area contributed by atoms with Crippen LogP contribution in [0.15, 0.2) is 29.2 Å². The van der Waals surface area contributed by atoms with Crippen LogP contribution in [0.3, 0.4) is 0 Å². The van der Waals surface area contributed by atoms with Gasteiger partial charge >= 0.3 is 0 Å². The molecule has 0 amide bonds. The van der Waals surface area contributed by atoms with Gasteiger partial charge in [-0.1, -0.05) is 38.0 Å². The van der Waals surface area contributed by atoms with E-state index in [4.69, 9.17) is 1.37 Å². The fraction of sp³-hybridized carbons (Fsp3) is 0.571. The Hall–Kier alpha value is -0.870. The van der Waals surface area contributed by atoms with Gasteiger partial charge in [-0.3, -0.25) is 0 Å². The second-order valence-corrected chi connectivity index (χ2v) is 7.32. The van der Waals surface area contributed by atoms with Gasteiger partial charge in [-0.05, 0) is 37.3 Å². The van der Waals surface area contributed by atoms with Gasteiger partial charge in [0.05, 0.1) is 4.90 Å². The van der Waals surface area contributed by atoms with E-state index >= 15 is 0 Å². The number of aryl methyl sites for hydroxylation is 1. The van der Waals surface area contributed by atoms with Gasteiger partial charge in [0.2, 0.25) is 10.0 Å². The third-order valence-electron chi connectivity index (χ3n) is 3.63. The fourth-order valence-electron chi connectivity index (χ4n) is 2.32. The second-order valence-electron chi connectivity index (χ2n) is 5.63. The SMILES string of the molecule is [2H]C1(NS(=O)(=O)c2ccc(C)cc2)CCCC1(C)C. The zero-order valence-electron chi connectivity index (χ0n) is 12.2. The Morgan fingerprint density at radius 2 is 1.94 bits per heavy atom. The standard InChI is InChI=1S/C14H21NO2S/c1-11-6-8-12(9-7-11)18(16,17)15-13-5-4-10-14(13,2)3/h6-9,13,15H,4-5,10H2,1-3H3/i13D. The molecule has 0 bridgehead atoms. The molecule has 2 rings (SSSR count). The van der Waals surface area contributed by atoms with Gasteiger partial charge in [-0.25, -0.2) is 13.1 Å². The number of hydrogen-bond acceptors (Lipinski definition) is 2. The Kier molecular flexibility index (Phi) is 3.16. The molecule has 1 atom stereocenters. The summed E-state index contributed by atoms with van der Waals surface area (Å²) in [6.07, 6.45) is 2.31. The first-order valence-electron chi connectivity index (χ1n) is 6.77. The molecular weight excluding hydrogens is 246 g/mol. The van der Waals surface area contributed by atoms with Crippen molar-refractivity contribution in [3.8, 4) is 0 Å². The fourth-order valence-corrected chi connectivity index (χ4v) is 3.64. The van der Waals surface area contributed by atoms with Gasteiger partial charge in [-0.15, -0.1) is 0 Å². The summed E-state index contributed by atoms with van der Waals surface area (Å²) < 4.78 is 35.8. The van der Waals surface area contributed by atoms with Crippen LogP contribution in [0.5, 0.6) is 0 Å².